The van der Waals surface area contributed by atoms with Crippen LogP contribution in [0.1, 0.15) is 23.1 Å². The number of alkyl halides is 3. The second-order valence-electron chi connectivity index (χ2n) is 7.29. The molecule has 0 bridgehead atoms. The van der Waals surface area contributed by atoms with Crippen LogP contribution in [-0.2, 0) is 28.7 Å². The minimum absolute atomic E-state index is 0.0259. The first-order valence-electron chi connectivity index (χ1n) is 9.16. The van der Waals surface area contributed by atoms with Crippen LogP contribution in [0.2, 0.25) is 0 Å². The van der Waals surface area contributed by atoms with E-state index < -0.39 is 17.7 Å². The lowest BCUT2D eigenvalue weighted by Gasteiger charge is -2.29. The third kappa shape index (κ3) is 3.74. The van der Waals surface area contributed by atoms with Gasteiger partial charge in [0, 0.05) is 18.8 Å². The van der Waals surface area contributed by atoms with Crippen LogP contribution in [-0.4, -0.2) is 23.3 Å². The minimum Gasteiger partial charge on any atom is -0.338 e. The van der Waals surface area contributed by atoms with Crippen LogP contribution in [0, 0.1) is 11.8 Å². The Bertz CT molecular complexity index is 909. The summed E-state index contributed by atoms with van der Waals surface area (Å²) in [7, 11) is 0. The number of amides is 2. The average Bonchev–Trinajstić information content (AvgIpc) is 3.48. The summed E-state index contributed by atoms with van der Waals surface area (Å²) in [5.74, 6) is -1.12. The SMILES string of the molecule is O=C(Nc1ccc(C(F)(F)F)cc1)C1CC1C(=O)N1CCc2ccccc2C1. The highest BCUT2D eigenvalue weighted by molar-refractivity contribution is 5.99. The van der Waals surface area contributed by atoms with Gasteiger partial charge in [-0.3, -0.25) is 9.59 Å². The second-order valence-corrected chi connectivity index (χ2v) is 7.29. The van der Waals surface area contributed by atoms with Crippen LogP contribution >= 0.6 is 0 Å². The fourth-order valence-electron chi connectivity index (χ4n) is 3.65. The zero-order valence-corrected chi connectivity index (χ0v) is 15.0. The molecule has 2 aromatic rings. The summed E-state index contributed by atoms with van der Waals surface area (Å²) in [5.41, 5.74) is 1.91. The number of anilines is 1. The van der Waals surface area contributed by atoms with Crippen LogP contribution < -0.4 is 5.32 Å². The van der Waals surface area contributed by atoms with E-state index in [1.165, 1.54) is 17.7 Å². The molecule has 0 aromatic heterocycles. The number of carbonyl (C=O) groups excluding carboxylic acids is 2. The van der Waals surface area contributed by atoms with Crippen LogP contribution in [0.5, 0.6) is 0 Å². The van der Waals surface area contributed by atoms with Gasteiger partial charge in [-0.1, -0.05) is 24.3 Å². The summed E-state index contributed by atoms with van der Waals surface area (Å²) in [6.45, 7) is 1.19. The van der Waals surface area contributed by atoms with Crippen molar-refractivity contribution in [3.63, 3.8) is 0 Å². The van der Waals surface area contributed by atoms with Crippen molar-refractivity contribution in [2.75, 3.05) is 11.9 Å². The van der Waals surface area contributed by atoms with Crippen molar-refractivity contribution in [1.82, 2.24) is 4.90 Å². The molecule has 1 saturated carbocycles. The fourth-order valence-corrected chi connectivity index (χ4v) is 3.65. The molecule has 4 rings (SSSR count). The van der Waals surface area contributed by atoms with E-state index in [1.54, 1.807) is 4.90 Å². The van der Waals surface area contributed by atoms with Crippen molar-refractivity contribution in [2.24, 2.45) is 11.8 Å². The van der Waals surface area contributed by atoms with E-state index in [0.717, 1.165) is 24.1 Å². The number of nitrogens with one attached hydrogen (secondary N) is 1. The van der Waals surface area contributed by atoms with Crippen molar-refractivity contribution in [3.05, 3.63) is 65.2 Å². The Morgan fingerprint density at radius 1 is 0.964 bits per heavy atom. The maximum absolute atomic E-state index is 12.7. The monoisotopic (exact) mass is 388 g/mol. The molecule has 1 heterocycles. The molecule has 2 aromatic carbocycles. The summed E-state index contributed by atoms with van der Waals surface area (Å²) < 4.78 is 37.8. The Morgan fingerprint density at radius 3 is 2.32 bits per heavy atom. The van der Waals surface area contributed by atoms with Gasteiger partial charge in [0.2, 0.25) is 11.8 Å². The number of carbonyl (C=O) groups is 2. The molecule has 0 radical (unpaired) electrons. The Kier molecular flexibility index (Phi) is 4.61. The van der Waals surface area contributed by atoms with Gasteiger partial charge in [0.15, 0.2) is 0 Å². The lowest BCUT2D eigenvalue weighted by Crippen LogP contribution is -2.37. The first-order valence-corrected chi connectivity index (χ1v) is 9.16. The van der Waals surface area contributed by atoms with Crippen LogP contribution in [0.15, 0.2) is 48.5 Å². The maximum Gasteiger partial charge on any atom is 0.416 e. The smallest absolute Gasteiger partial charge is 0.338 e. The topological polar surface area (TPSA) is 49.4 Å². The van der Waals surface area contributed by atoms with Crippen LogP contribution in [0.3, 0.4) is 0 Å². The molecule has 4 nitrogen and oxygen atoms in total. The number of benzene rings is 2. The largest absolute Gasteiger partial charge is 0.416 e. The number of hydrogen-bond acceptors (Lipinski definition) is 2. The van der Waals surface area contributed by atoms with Gasteiger partial charge in [0.1, 0.15) is 0 Å². The quantitative estimate of drug-likeness (QED) is 0.868. The number of fused-ring (bicyclic) bond motifs is 1. The number of halogens is 3. The first kappa shape index (κ1) is 18.5. The van der Waals surface area contributed by atoms with E-state index in [1.807, 2.05) is 18.2 Å². The molecule has 2 amide bonds. The second kappa shape index (κ2) is 6.96. The Hall–Kier alpha value is -2.83. The maximum atomic E-state index is 12.7. The molecule has 28 heavy (non-hydrogen) atoms. The molecular formula is C21H19F3N2O2. The highest BCUT2D eigenvalue weighted by Crippen LogP contribution is 2.41. The van der Waals surface area contributed by atoms with Gasteiger partial charge in [-0.15, -0.1) is 0 Å². The van der Waals surface area contributed by atoms with E-state index in [0.29, 0.717) is 25.2 Å². The Morgan fingerprint density at radius 2 is 1.64 bits per heavy atom. The summed E-state index contributed by atoms with van der Waals surface area (Å²) in [6, 6.07) is 12.3. The lowest BCUT2D eigenvalue weighted by atomic mass is 9.99. The average molecular weight is 388 g/mol. The molecule has 7 heteroatoms. The first-order chi connectivity index (χ1) is 13.3. The van der Waals surface area contributed by atoms with Gasteiger partial charge in [0.25, 0.3) is 0 Å². The molecule has 2 atom stereocenters. The van der Waals surface area contributed by atoms with Crippen molar-refractivity contribution in [1.29, 1.82) is 0 Å². The Balaban J connectivity index is 1.34. The van der Waals surface area contributed by atoms with Crippen LogP contribution in [0.25, 0.3) is 0 Å². The predicted molar refractivity (Wildman–Crippen MR) is 97.2 cm³/mol. The molecule has 2 unspecified atom stereocenters. The van der Waals surface area contributed by atoms with E-state index in [2.05, 4.69) is 11.4 Å². The van der Waals surface area contributed by atoms with Gasteiger partial charge >= 0.3 is 6.18 Å². The standard InChI is InChI=1S/C21H19F3N2O2/c22-21(23,24)15-5-7-16(8-6-15)25-19(27)17-11-18(17)20(28)26-10-9-13-3-1-2-4-14(13)12-26/h1-8,17-18H,9-12H2,(H,25,27). The molecule has 1 aliphatic heterocycles. The summed E-state index contributed by atoms with van der Waals surface area (Å²) in [6.07, 6.45) is -3.13. The predicted octanol–water partition coefficient (Wildman–Crippen LogP) is 3.86. The number of rotatable bonds is 3. The van der Waals surface area contributed by atoms with E-state index in [-0.39, 0.29) is 17.7 Å². The minimum atomic E-state index is -4.41. The highest BCUT2D eigenvalue weighted by Gasteiger charge is 2.49. The van der Waals surface area contributed by atoms with Gasteiger partial charge in [-0.05, 0) is 48.2 Å². The van der Waals surface area contributed by atoms with Crippen LogP contribution in [0.4, 0.5) is 18.9 Å². The Labute approximate surface area is 160 Å². The number of nitrogens with zero attached hydrogens (tertiary/aromatic N) is 1. The fraction of sp³-hybridized carbons (Fsp3) is 0.333. The zero-order chi connectivity index (χ0) is 19.9. The molecule has 1 aliphatic carbocycles. The van der Waals surface area contributed by atoms with E-state index in [9.17, 15) is 22.8 Å². The van der Waals surface area contributed by atoms with Gasteiger partial charge in [0.05, 0.1) is 17.4 Å². The number of hydrogen-bond donors (Lipinski definition) is 1. The third-order valence-electron chi connectivity index (χ3n) is 5.37. The molecule has 146 valence electrons. The van der Waals surface area contributed by atoms with Crippen molar-refractivity contribution in [3.8, 4) is 0 Å². The van der Waals surface area contributed by atoms with Gasteiger partial charge < -0.3 is 10.2 Å². The summed E-state index contributed by atoms with van der Waals surface area (Å²) in [5, 5.41) is 2.61. The molecular weight excluding hydrogens is 369 g/mol. The molecule has 0 saturated heterocycles. The lowest BCUT2D eigenvalue weighted by molar-refractivity contribution is -0.137. The summed E-state index contributed by atoms with van der Waals surface area (Å²) >= 11 is 0. The van der Waals surface area contributed by atoms with Crippen molar-refractivity contribution >= 4 is 17.5 Å². The van der Waals surface area contributed by atoms with Crippen molar-refractivity contribution in [2.45, 2.75) is 25.6 Å². The normalized spacial score (nSPS) is 21.0. The molecule has 1 fully saturated rings. The highest BCUT2D eigenvalue weighted by atomic mass is 19.4. The summed E-state index contributed by atoms with van der Waals surface area (Å²) in [4.78, 5) is 26.9. The molecule has 0 spiro atoms. The van der Waals surface area contributed by atoms with E-state index >= 15 is 0 Å². The van der Waals surface area contributed by atoms with Gasteiger partial charge in [-0.25, -0.2) is 0 Å². The molecule has 2 aliphatic rings. The van der Waals surface area contributed by atoms with Gasteiger partial charge in [-0.2, -0.15) is 13.2 Å². The third-order valence-corrected chi connectivity index (χ3v) is 5.37. The van der Waals surface area contributed by atoms with E-state index in [4.69, 9.17) is 0 Å². The van der Waals surface area contributed by atoms with Crippen molar-refractivity contribution < 1.29 is 22.8 Å². The molecule has 1 N–H and O–H groups in total. The zero-order valence-electron chi connectivity index (χ0n) is 15.0.